The molecule has 0 radical (unpaired) electrons. The molecule has 4 aromatic carbocycles. The Morgan fingerprint density at radius 3 is 2.28 bits per heavy atom. The number of hydrogen-bond acceptors (Lipinski definition) is 7. The molecule has 4 aromatic rings. The van der Waals surface area contributed by atoms with Crippen molar-refractivity contribution in [3.8, 4) is 5.75 Å². The van der Waals surface area contributed by atoms with E-state index in [2.05, 4.69) is 10.2 Å². The van der Waals surface area contributed by atoms with E-state index in [-0.39, 0.29) is 11.1 Å². The number of rotatable bonds is 3. The van der Waals surface area contributed by atoms with Crippen LogP contribution in [-0.4, -0.2) is 18.1 Å². The molecule has 4 rings (SSSR count). The van der Waals surface area contributed by atoms with Crippen LogP contribution < -0.4 is 11.5 Å². The Balaban J connectivity index is 1.97. The van der Waals surface area contributed by atoms with Gasteiger partial charge in [-0.15, -0.1) is 10.2 Å². The molecule has 9 heteroatoms. The molecule has 6 N–H and O–H groups in total. The summed E-state index contributed by atoms with van der Waals surface area (Å²) in [6.45, 7) is 0. The number of benzene rings is 4. The zero-order valence-electron chi connectivity index (χ0n) is 14.9. The van der Waals surface area contributed by atoms with E-state index in [1.807, 2.05) is 12.1 Å². The maximum Gasteiger partial charge on any atom is 0.296 e. The highest BCUT2D eigenvalue weighted by molar-refractivity contribution is 7.86. The number of phenols is 1. The normalized spacial score (nSPS) is 12.2. The summed E-state index contributed by atoms with van der Waals surface area (Å²) in [6, 6.07) is 16.3. The van der Waals surface area contributed by atoms with Crippen LogP contribution in [0.15, 0.2) is 75.8 Å². The lowest BCUT2D eigenvalue weighted by Crippen LogP contribution is -1.99. The van der Waals surface area contributed by atoms with Gasteiger partial charge in [0.2, 0.25) is 0 Å². The highest BCUT2D eigenvalue weighted by Crippen LogP contribution is 2.42. The van der Waals surface area contributed by atoms with Crippen LogP contribution >= 0.6 is 0 Å². The molecular weight excluding hydrogens is 392 g/mol. The van der Waals surface area contributed by atoms with Crippen molar-refractivity contribution < 1.29 is 18.1 Å². The lowest BCUT2D eigenvalue weighted by atomic mass is 10.1. The number of nitrogens with zero attached hydrogens (tertiary/aromatic N) is 2. The Morgan fingerprint density at radius 1 is 0.828 bits per heavy atom. The van der Waals surface area contributed by atoms with Crippen LogP contribution in [0.4, 0.5) is 22.7 Å². The third kappa shape index (κ3) is 3.33. The summed E-state index contributed by atoms with van der Waals surface area (Å²) in [5.74, 6) is -0.453. The molecule has 0 heterocycles. The van der Waals surface area contributed by atoms with Gasteiger partial charge >= 0.3 is 0 Å². The van der Waals surface area contributed by atoms with Gasteiger partial charge in [0.1, 0.15) is 10.6 Å². The second-order valence-electron chi connectivity index (χ2n) is 6.45. The van der Waals surface area contributed by atoms with Crippen LogP contribution in [0, 0.1) is 0 Å². The lowest BCUT2D eigenvalue weighted by Gasteiger charge is -2.09. The molecule has 0 aliphatic rings. The van der Waals surface area contributed by atoms with E-state index in [1.54, 1.807) is 30.3 Å². The fourth-order valence-corrected chi connectivity index (χ4v) is 3.81. The van der Waals surface area contributed by atoms with Crippen LogP contribution in [0.25, 0.3) is 21.5 Å². The lowest BCUT2D eigenvalue weighted by molar-refractivity contribution is 0.472. The predicted molar refractivity (Wildman–Crippen MR) is 112 cm³/mol. The van der Waals surface area contributed by atoms with Gasteiger partial charge in [0.05, 0.1) is 5.69 Å². The van der Waals surface area contributed by atoms with E-state index in [0.717, 1.165) is 5.39 Å². The van der Waals surface area contributed by atoms with Crippen molar-refractivity contribution in [3.63, 3.8) is 0 Å². The highest BCUT2D eigenvalue weighted by Gasteiger charge is 2.22. The monoisotopic (exact) mass is 408 g/mol. The Morgan fingerprint density at radius 2 is 1.55 bits per heavy atom. The molecule has 0 bridgehead atoms. The Bertz CT molecular complexity index is 1420. The molecule has 0 aliphatic carbocycles. The van der Waals surface area contributed by atoms with Crippen LogP contribution in [0.3, 0.4) is 0 Å². The first-order valence-corrected chi connectivity index (χ1v) is 9.91. The number of nitrogens with two attached hydrogens (primary N) is 2. The minimum absolute atomic E-state index is 0.286. The number of anilines is 2. The number of hydrogen-bond donors (Lipinski definition) is 4. The second-order valence-corrected chi connectivity index (χ2v) is 7.84. The maximum absolute atomic E-state index is 11.9. The minimum Gasteiger partial charge on any atom is -0.505 e. The molecular formula is C20H16N4O4S. The summed E-state index contributed by atoms with van der Waals surface area (Å²) in [5.41, 5.74) is 12.7. The van der Waals surface area contributed by atoms with Crippen molar-refractivity contribution in [2.24, 2.45) is 10.2 Å². The molecule has 0 atom stereocenters. The molecule has 0 unspecified atom stereocenters. The van der Waals surface area contributed by atoms with Gasteiger partial charge in [0, 0.05) is 27.5 Å². The van der Waals surface area contributed by atoms with Gasteiger partial charge in [0.15, 0.2) is 5.75 Å². The van der Waals surface area contributed by atoms with E-state index in [1.165, 1.54) is 18.2 Å². The second kappa shape index (κ2) is 6.73. The first-order chi connectivity index (χ1) is 13.8. The first kappa shape index (κ1) is 18.7. The number of fused-ring (bicyclic) bond motifs is 2. The van der Waals surface area contributed by atoms with Crippen molar-refractivity contribution in [1.29, 1.82) is 0 Å². The van der Waals surface area contributed by atoms with E-state index < -0.39 is 20.8 Å². The van der Waals surface area contributed by atoms with Gasteiger partial charge in [-0.3, -0.25) is 4.55 Å². The molecule has 0 saturated carbocycles. The van der Waals surface area contributed by atoms with Gasteiger partial charge in [-0.05, 0) is 35.7 Å². The summed E-state index contributed by atoms with van der Waals surface area (Å²) in [5, 5.41) is 20.8. The van der Waals surface area contributed by atoms with Gasteiger partial charge < -0.3 is 16.6 Å². The standard InChI is InChI=1S/C20H16N4O4S/c21-12-6-5-11-9-18(29(26,27)28)19(20(25)15(11)10-12)24-23-17-8-7-16(22)13-3-1-2-4-14(13)17/h1-10,25H,21-22H2,(H,26,27,28). The summed E-state index contributed by atoms with van der Waals surface area (Å²) in [6.07, 6.45) is 0. The topological polar surface area (TPSA) is 151 Å². The zero-order valence-corrected chi connectivity index (χ0v) is 15.8. The molecule has 0 aromatic heterocycles. The van der Waals surface area contributed by atoms with Crippen molar-refractivity contribution in [2.75, 3.05) is 11.5 Å². The molecule has 29 heavy (non-hydrogen) atoms. The SMILES string of the molecule is Nc1ccc2cc(S(=O)(=O)O)c(N=Nc3ccc(N)c4ccccc34)c(O)c2c1. The van der Waals surface area contributed by atoms with Crippen molar-refractivity contribution >= 4 is 54.4 Å². The third-order valence-corrected chi connectivity index (χ3v) is 5.41. The maximum atomic E-state index is 11.9. The molecule has 146 valence electrons. The largest absolute Gasteiger partial charge is 0.505 e. The first-order valence-electron chi connectivity index (χ1n) is 8.47. The van der Waals surface area contributed by atoms with Gasteiger partial charge in [0.25, 0.3) is 10.1 Å². The summed E-state index contributed by atoms with van der Waals surface area (Å²) < 4.78 is 33.4. The third-order valence-electron chi connectivity index (χ3n) is 4.55. The molecule has 0 spiro atoms. The summed E-state index contributed by atoms with van der Waals surface area (Å²) in [4.78, 5) is -0.559. The van der Waals surface area contributed by atoms with Crippen molar-refractivity contribution in [3.05, 3.63) is 60.7 Å². The molecule has 0 amide bonds. The van der Waals surface area contributed by atoms with Gasteiger partial charge in [-0.1, -0.05) is 30.3 Å². The zero-order chi connectivity index (χ0) is 20.8. The fourth-order valence-electron chi connectivity index (χ4n) is 3.15. The summed E-state index contributed by atoms with van der Waals surface area (Å²) >= 11 is 0. The molecule has 8 nitrogen and oxygen atoms in total. The number of nitrogen functional groups attached to an aromatic ring is 2. The van der Waals surface area contributed by atoms with E-state index >= 15 is 0 Å². The van der Waals surface area contributed by atoms with Crippen LogP contribution in [0.2, 0.25) is 0 Å². The average Bonchev–Trinajstić information content (AvgIpc) is 2.68. The number of phenolic OH excluding ortho intramolecular Hbond substituents is 1. The number of aromatic hydroxyl groups is 1. The highest BCUT2D eigenvalue weighted by atomic mass is 32.2. The van der Waals surface area contributed by atoms with Crippen LogP contribution in [0.5, 0.6) is 5.75 Å². The van der Waals surface area contributed by atoms with E-state index in [4.69, 9.17) is 11.5 Å². The average molecular weight is 408 g/mol. The number of azo groups is 1. The minimum atomic E-state index is -4.68. The fraction of sp³-hybridized carbons (Fsp3) is 0. The quantitative estimate of drug-likeness (QED) is 0.222. The molecule has 0 fully saturated rings. The Hall–Kier alpha value is -3.69. The summed E-state index contributed by atoms with van der Waals surface area (Å²) in [7, 11) is -4.68. The molecule has 0 saturated heterocycles. The van der Waals surface area contributed by atoms with E-state index in [9.17, 15) is 18.1 Å². The van der Waals surface area contributed by atoms with Crippen LogP contribution in [0.1, 0.15) is 0 Å². The molecule has 0 aliphatic heterocycles. The Labute approximate surface area is 165 Å². The predicted octanol–water partition coefficient (Wildman–Crippen LogP) is 4.53. The van der Waals surface area contributed by atoms with Crippen molar-refractivity contribution in [2.45, 2.75) is 4.90 Å². The van der Waals surface area contributed by atoms with Crippen molar-refractivity contribution in [1.82, 2.24) is 0 Å². The Kier molecular flexibility index (Phi) is 4.33. The van der Waals surface area contributed by atoms with Gasteiger partial charge in [-0.2, -0.15) is 8.42 Å². The van der Waals surface area contributed by atoms with Crippen LogP contribution in [-0.2, 0) is 10.1 Å². The van der Waals surface area contributed by atoms with Gasteiger partial charge in [-0.25, -0.2) is 0 Å². The van der Waals surface area contributed by atoms with E-state index in [0.29, 0.717) is 27.8 Å². The smallest absolute Gasteiger partial charge is 0.296 e.